The lowest BCUT2D eigenvalue weighted by Crippen LogP contribution is -2.30. The van der Waals surface area contributed by atoms with Gasteiger partial charge in [0.05, 0.1) is 8.79 Å². The summed E-state index contributed by atoms with van der Waals surface area (Å²) in [6.45, 7) is 1.92. The van der Waals surface area contributed by atoms with Crippen LogP contribution in [-0.4, -0.2) is 20.1 Å². The Morgan fingerprint density at radius 3 is 2.71 bits per heavy atom. The molecule has 1 heterocycles. The van der Waals surface area contributed by atoms with Gasteiger partial charge in [0, 0.05) is 19.0 Å². The largest absolute Gasteiger partial charge is 0.366 e. The molecule has 0 saturated heterocycles. The quantitative estimate of drug-likeness (QED) is 0.915. The van der Waals surface area contributed by atoms with Crippen molar-refractivity contribution in [2.24, 2.45) is 11.1 Å². The van der Waals surface area contributed by atoms with Crippen molar-refractivity contribution in [3.8, 4) is 0 Å². The molecule has 1 saturated carbocycles. The maximum absolute atomic E-state index is 5.77. The van der Waals surface area contributed by atoms with Crippen molar-refractivity contribution in [2.75, 3.05) is 25.0 Å². The van der Waals surface area contributed by atoms with E-state index in [1.807, 2.05) is 0 Å². The van der Waals surface area contributed by atoms with Gasteiger partial charge in [-0.25, -0.2) is 0 Å². The monoisotopic (exact) mass is 274 g/mol. The van der Waals surface area contributed by atoms with Gasteiger partial charge in [0.25, 0.3) is 0 Å². The highest BCUT2D eigenvalue weighted by Gasteiger charge is 2.42. The van der Waals surface area contributed by atoms with Crippen LogP contribution >= 0.6 is 27.3 Å². The highest BCUT2D eigenvalue weighted by molar-refractivity contribution is 9.11. The second kappa shape index (κ2) is 3.83. The molecular weight excluding hydrogens is 260 g/mol. The first-order chi connectivity index (χ1) is 6.65. The fraction of sp³-hybridized carbons (Fsp3) is 0.600. The highest BCUT2D eigenvalue weighted by atomic mass is 79.9. The normalized spacial score (nSPS) is 18.2. The Morgan fingerprint density at radius 2 is 2.29 bits per heavy atom. The predicted molar refractivity (Wildman–Crippen MR) is 66.0 cm³/mol. The molecule has 14 heavy (non-hydrogen) atoms. The van der Waals surface area contributed by atoms with Crippen molar-refractivity contribution < 1.29 is 0 Å². The molecule has 0 amide bonds. The summed E-state index contributed by atoms with van der Waals surface area (Å²) in [5, 5.41) is 1.32. The second-order valence-electron chi connectivity index (χ2n) is 4.14. The molecule has 2 rings (SSSR count). The van der Waals surface area contributed by atoms with Crippen molar-refractivity contribution in [3.05, 3.63) is 15.9 Å². The Labute approximate surface area is 97.2 Å². The van der Waals surface area contributed by atoms with Crippen molar-refractivity contribution in [1.29, 1.82) is 0 Å². The van der Waals surface area contributed by atoms with Gasteiger partial charge in [0.15, 0.2) is 0 Å². The third kappa shape index (κ3) is 2.12. The fourth-order valence-corrected chi connectivity index (χ4v) is 3.02. The molecule has 2 N–H and O–H groups in total. The summed E-state index contributed by atoms with van der Waals surface area (Å²) in [6, 6.07) is 4.25. The zero-order valence-corrected chi connectivity index (χ0v) is 10.7. The standard InChI is InChI=1S/C10H15BrN2S/c1-13(7-10(6-12)4-5-10)9-3-2-8(11)14-9/h2-3H,4-7,12H2,1H3. The molecule has 1 aromatic rings. The van der Waals surface area contributed by atoms with E-state index in [1.54, 1.807) is 11.3 Å². The molecule has 0 spiro atoms. The molecule has 1 aliphatic carbocycles. The van der Waals surface area contributed by atoms with E-state index >= 15 is 0 Å². The third-order valence-corrected chi connectivity index (χ3v) is 4.64. The van der Waals surface area contributed by atoms with Crippen LogP contribution in [0.3, 0.4) is 0 Å². The van der Waals surface area contributed by atoms with Crippen LogP contribution in [0.2, 0.25) is 0 Å². The molecule has 0 aromatic carbocycles. The van der Waals surface area contributed by atoms with E-state index in [4.69, 9.17) is 5.73 Å². The van der Waals surface area contributed by atoms with Gasteiger partial charge in [-0.05, 0) is 47.4 Å². The molecule has 0 atom stereocenters. The maximum Gasteiger partial charge on any atom is 0.0917 e. The maximum atomic E-state index is 5.77. The van der Waals surface area contributed by atoms with Crippen LogP contribution in [0.5, 0.6) is 0 Å². The van der Waals surface area contributed by atoms with Gasteiger partial charge in [0.1, 0.15) is 0 Å². The van der Waals surface area contributed by atoms with E-state index < -0.39 is 0 Å². The van der Waals surface area contributed by atoms with E-state index in [2.05, 4.69) is 40.0 Å². The lowest BCUT2D eigenvalue weighted by Gasteiger charge is -2.22. The Balaban J connectivity index is 1.99. The minimum atomic E-state index is 0.422. The molecule has 0 radical (unpaired) electrons. The Morgan fingerprint density at radius 1 is 1.57 bits per heavy atom. The van der Waals surface area contributed by atoms with Crippen LogP contribution in [0, 0.1) is 5.41 Å². The molecule has 0 aliphatic heterocycles. The van der Waals surface area contributed by atoms with Gasteiger partial charge in [-0.2, -0.15) is 0 Å². The van der Waals surface area contributed by atoms with Crippen molar-refractivity contribution >= 4 is 32.3 Å². The van der Waals surface area contributed by atoms with Crippen LogP contribution in [0.15, 0.2) is 15.9 Å². The lowest BCUT2D eigenvalue weighted by molar-refractivity contribution is 0.524. The fourth-order valence-electron chi connectivity index (χ4n) is 1.69. The Kier molecular flexibility index (Phi) is 2.86. The Bertz CT molecular complexity index is 320. The number of nitrogens with two attached hydrogens (primary N) is 1. The molecule has 78 valence electrons. The predicted octanol–water partition coefficient (Wildman–Crippen LogP) is 2.69. The number of rotatable bonds is 4. The lowest BCUT2D eigenvalue weighted by atomic mass is 10.1. The zero-order chi connectivity index (χ0) is 10.2. The molecular formula is C10H15BrN2S. The van der Waals surface area contributed by atoms with Crippen molar-refractivity contribution in [3.63, 3.8) is 0 Å². The first-order valence-corrected chi connectivity index (χ1v) is 6.43. The zero-order valence-electron chi connectivity index (χ0n) is 8.29. The first kappa shape index (κ1) is 10.5. The average Bonchev–Trinajstić information content (AvgIpc) is 2.80. The van der Waals surface area contributed by atoms with Crippen LogP contribution in [0.1, 0.15) is 12.8 Å². The number of anilines is 1. The van der Waals surface area contributed by atoms with E-state index in [9.17, 15) is 0 Å². The highest BCUT2D eigenvalue weighted by Crippen LogP contribution is 2.46. The minimum absolute atomic E-state index is 0.422. The van der Waals surface area contributed by atoms with Crippen LogP contribution in [-0.2, 0) is 0 Å². The molecule has 1 aliphatic rings. The van der Waals surface area contributed by atoms with Gasteiger partial charge >= 0.3 is 0 Å². The van der Waals surface area contributed by atoms with Gasteiger partial charge in [-0.3, -0.25) is 0 Å². The summed E-state index contributed by atoms with van der Waals surface area (Å²) in [5.41, 5.74) is 6.19. The Hall–Kier alpha value is -0.0600. The molecule has 1 aromatic heterocycles. The third-order valence-electron chi connectivity index (χ3n) is 2.90. The van der Waals surface area contributed by atoms with E-state index in [-0.39, 0.29) is 0 Å². The van der Waals surface area contributed by atoms with E-state index in [1.165, 1.54) is 21.6 Å². The minimum Gasteiger partial charge on any atom is -0.366 e. The second-order valence-corrected chi connectivity index (χ2v) is 6.58. The van der Waals surface area contributed by atoms with Crippen LogP contribution < -0.4 is 10.6 Å². The van der Waals surface area contributed by atoms with E-state index in [0.717, 1.165) is 13.1 Å². The van der Waals surface area contributed by atoms with Crippen LogP contribution in [0.4, 0.5) is 5.00 Å². The van der Waals surface area contributed by atoms with Crippen LogP contribution in [0.25, 0.3) is 0 Å². The van der Waals surface area contributed by atoms with Crippen molar-refractivity contribution in [2.45, 2.75) is 12.8 Å². The topological polar surface area (TPSA) is 29.3 Å². The number of hydrogen-bond acceptors (Lipinski definition) is 3. The molecule has 2 nitrogen and oxygen atoms in total. The van der Waals surface area contributed by atoms with Gasteiger partial charge in [0.2, 0.25) is 0 Å². The number of halogens is 1. The summed E-state index contributed by atoms with van der Waals surface area (Å²) >= 11 is 5.26. The first-order valence-electron chi connectivity index (χ1n) is 4.82. The summed E-state index contributed by atoms with van der Waals surface area (Å²) in [5.74, 6) is 0. The smallest absolute Gasteiger partial charge is 0.0917 e. The summed E-state index contributed by atoms with van der Waals surface area (Å²) in [6.07, 6.45) is 2.58. The van der Waals surface area contributed by atoms with E-state index in [0.29, 0.717) is 5.41 Å². The summed E-state index contributed by atoms with van der Waals surface area (Å²) in [4.78, 5) is 2.31. The van der Waals surface area contributed by atoms with Gasteiger partial charge in [-0.1, -0.05) is 0 Å². The number of hydrogen-bond donors (Lipinski definition) is 1. The molecule has 0 unspecified atom stereocenters. The van der Waals surface area contributed by atoms with Crippen molar-refractivity contribution in [1.82, 2.24) is 0 Å². The molecule has 0 bridgehead atoms. The number of nitrogens with zero attached hydrogens (tertiary/aromatic N) is 1. The molecule has 1 fully saturated rings. The number of thiophene rings is 1. The summed E-state index contributed by atoms with van der Waals surface area (Å²) in [7, 11) is 2.15. The average molecular weight is 275 g/mol. The van der Waals surface area contributed by atoms with Gasteiger partial charge < -0.3 is 10.6 Å². The summed E-state index contributed by atoms with van der Waals surface area (Å²) < 4.78 is 1.19. The molecule has 4 heteroatoms. The van der Waals surface area contributed by atoms with Gasteiger partial charge in [-0.15, -0.1) is 11.3 Å². The SMILES string of the molecule is CN(CC1(CN)CC1)c1ccc(Br)s1.